The molecule has 0 bridgehead atoms. The van der Waals surface area contributed by atoms with Crippen LogP contribution in [0.3, 0.4) is 0 Å². The lowest BCUT2D eigenvalue weighted by Crippen LogP contribution is -2.17. The fraction of sp³-hybridized carbons (Fsp3) is 0.267. The van der Waals surface area contributed by atoms with E-state index in [1.54, 1.807) is 12.3 Å². The number of benzene rings is 1. The third-order valence-electron chi connectivity index (χ3n) is 3.59. The average molecular weight is 299 g/mol. The van der Waals surface area contributed by atoms with Crippen molar-refractivity contribution in [1.82, 2.24) is 10.2 Å². The molecule has 3 rings (SSSR count). The van der Waals surface area contributed by atoms with E-state index in [4.69, 9.17) is 18.0 Å². The molecule has 1 aromatic heterocycles. The van der Waals surface area contributed by atoms with Crippen LogP contribution in [0.25, 0.3) is 0 Å². The Hall–Kier alpha value is -2.21. The van der Waals surface area contributed by atoms with Crippen LogP contribution in [-0.4, -0.2) is 28.3 Å². The quantitative estimate of drug-likeness (QED) is 0.845. The Kier molecular flexibility index (Phi) is 3.96. The molecule has 108 valence electrons. The molecule has 1 aromatic carbocycles. The molecule has 1 aliphatic heterocycles. The summed E-state index contributed by atoms with van der Waals surface area (Å²) in [5.41, 5.74) is 8.59. The maximum atomic E-state index is 5.69. The first-order valence-corrected chi connectivity index (χ1v) is 7.38. The summed E-state index contributed by atoms with van der Waals surface area (Å²) in [6, 6.07) is 10.1. The molecular weight excluding hydrogens is 282 g/mol. The van der Waals surface area contributed by atoms with Crippen molar-refractivity contribution in [1.29, 1.82) is 0 Å². The lowest BCUT2D eigenvalue weighted by atomic mass is 10.2. The summed E-state index contributed by atoms with van der Waals surface area (Å²) < 4.78 is 0. The van der Waals surface area contributed by atoms with Gasteiger partial charge in [-0.25, -0.2) is 0 Å². The molecule has 0 amide bonds. The molecule has 1 fully saturated rings. The molecule has 2 aromatic rings. The molecule has 0 saturated carbocycles. The number of nitrogens with one attached hydrogen (secondary N) is 1. The van der Waals surface area contributed by atoms with Gasteiger partial charge in [-0.15, -0.1) is 5.10 Å². The molecule has 0 radical (unpaired) electrons. The molecular formula is C15H17N5S. The first-order valence-electron chi connectivity index (χ1n) is 6.97. The van der Waals surface area contributed by atoms with Gasteiger partial charge in [0.1, 0.15) is 4.99 Å². The lowest BCUT2D eigenvalue weighted by Gasteiger charge is -2.18. The largest absolute Gasteiger partial charge is 0.389 e. The first-order chi connectivity index (χ1) is 10.2. The van der Waals surface area contributed by atoms with Crippen molar-refractivity contribution < 1.29 is 0 Å². The number of rotatable bonds is 4. The molecule has 21 heavy (non-hydrogen) atoms. The molecule has 6 heteroatoms. The van der Waals surface area contributed by atoms with E-state index < -0.39 is 0 Å². The van der Waals surface area contributed by atoms with Crippen LogP contribution < -0.4 is 16.0 Å². The molecule has 0 atom stereocenters. The van der Waals surface area contributed by atoms with Gasteiger partial charge in [-0.2, -0.15) is 5.10 Å². The van der Waals surface area contributed by atoms with E-state index in [1.807, 2.05) is 12.1 Å². The van der Waals surface area contributed by atoms with Gasteiger partial charge in [-0.3, -0.25) is 0 Å². The molecule has 1 saturated heterocycles. The van der Waals surface area contributed by atoms with E-state index in [9.17, 15) is 0 Å². The van der Waals surface area contributed by atoms with Crippen molar-refractivity contribution in [3.63, 3.8) is 0 Å². The first kappa shape index (κ1) is 13.8. The monoisotopic (exact) mass is 299 g/mol. The summed E-state index contributed by atoms with van der Waals surface area (Å²) in [5.74, 6) is 0.582. The lowest BCUT2D eigenvalue weighted by molar-refractivity contribution is 0.949. The SMILES string of the molecule is NC(=S)c1ccnnc1Nc1ccc(N2CCCC2)cc1. The Morgan fingerprint density at radius 2 is 1.86 bits per heavy atom. The van der Waals surface area contributed by atoms with Crippen LogP contribution in [0.4, 0.5) is 17.2 Å². The van der Waals surface area contributed by atoms with Crippen molar-refractivity contribution in [2.24, 2.45) is 5.73 Å². The van der Waals surface area contributed by atoms with Gasteiger partial charge in [0.2, 0.25) is 0 Å². The second kappa shape index (κ2) is 6.05. The van der Waals surface area contributed by atoms with Crippen LogP contribution in [0.1, 0.15) is 18.4 Å². The standard InChI is InChI=1S/C15H17N5S/c16-14(21)13-7-8-17-19-15(13)18-11-3-5-12(6-4-11)20-9-1-2-10-20/h3-8H,1-2,9-10H2,(H2,16,21)(H,18,19). The van der Waals surface area contributed by atoms with Crippen LogP contribution in [0, 0.1) is 0 Å². The Bertz CT molecular complexity index is 635. The summed E-state index contributed by atoms with van der Waals surface area (Å²) in [6.45, 7) is 2.28. The van der Waals surface area contributed by atoms with Gasteiger partial charge >= 0.3 is 0 Å². The fourth-order valence-corrected chi connectivity index (χ4v) is 2.66. The van der Waals surface area contributed by atoms with Crippen molar-refractivity contribution >= 4 is 34.4 Å². The second-order valence-corrected chi connectivity index (χ2v) is 5.46. The van der Waals surface area contributed by atoms with Crippen LogP contribution in [0.15, 0.2) is 36.5 Å². The second-order valence-electron chi connectivity index (χ2n) is 5.02. The zero-order valence-corrected chi connectivity index (χ0v) is 12.4. The molecule has 0 aliphatic carbocycles. The Labute approximate surface area is 129 Å². The van der Waals surface area contributed by atoms with Crippen molar-refractivity contribution in [2.45, 2.75) is 12.8 Å². The van der Waals surface area contributed by atoms with E-state index >= 15 is 0 Å². The average Bonchev–Trinajstić information content (AvgIpc) is 3.03. The van der Waals surface area contributed by atoms with Gasteiger partial charge in [-0.1, -0.05) is 12.2 Å². The van der Waals surface area contributed by atoms with Gasteiger partial charge in [0, 0.05) is 24.5 Å². The van der Waals surface area contributed by atoms with Crippen molar-refractivity contribution in [2.75, 3.05) is 23.3 Å². The Balaban J connectivity index is 1.77. The number of nitrogens with two attached hydrogens (primary N) is 1. The van der Waals surface area contributed by atoms with Crippen LogP contribution in [0.5, 0.6) is 0 Å². The molecule has 2 heterocycles. The maximum Gasteiger partial charge on any atom is 0.163 e. The van der Waals surface area contributed by atoms with Gasteiger partial charge in [0.15, 0.2) is 5.82 Å². The normalized spacial score (nSPS) is 14.2. The van der Waals surface area contributed by atoms with E-state index in [0.717, 1.165) is 18.8 Å². The van der Waals surface area contributed by atoms with E-state index in [0.29, 0.717) is 16.4 Å². The number of nitrogens with zero attached hydrogens (tertiary/aromatic N) is 3. The van der Waals surface area contributed by atoms with Crippen molar-refractivity contribution in [3.05, 3.63) is 42.1 Å². The summed E-state index contributed by atoms with van der Waals surface area (Å²) in [7, 11) is 0. The molecule has 1 aliphatic rings. The van der Waals surface area contributed by atoms with Crippen LogP contribution in [-0.2, 0) is 0 Å². The minimum absolute atomic E-state index is 0.307. The number of anilines is 3. The molecule has 5 nitrogen and oxygen atoms in total. The molecule has 0 unspecified atom stereocenters. The molecule has 3 N–H and O–H groups in total. The highest BCUT2D eigenvalue weighted by Gasteiger charge is 2.12. The Morgan fingerprint density at radius 3 is 2.52 bits per heavy atom. The van der Waals surface area contributed by atoms with Gasteiger partial charge in [0.25, 0.3) is 0 Å². The van der Waals surface area contributed by atoms with Gasteiger partial charge < -0.3 is 16.0 Å². The fourth-order valence-electron chi connectivity index (χ4n) is 2.49. The number of hydrogen-bond donors (Lipinski definition) is 2. The predicted octanol–water partition coefficient (Wildman–Crippen LogP) is 2.45. The van der Waals surface area contributed by atoms with E-state index in [1.165, 1.54) is 18.5 Å². The third kappa shape index (κ3) is 3.11. The topological polar surface area (TPSA) is 67.1 Å². The zero-order chi connectivity index (χ0) is 14.7. The highest BCUT2D eigenvalue weighted by atomic mass is 32.1. The van der Waals surface area contributed by atoms with Crippen molar-refractivity contribution in [3.8, 4) is 0 Å². The minimum Gasteiger partial charge on any atom is -0.389 e. The third-order valence-corrected chi connectivity index (χ3v) is 3.81. The van der Waals surface area contributed by atoms with Gasteiger partial charge in [0.05, 0.1) is 11.8 Å². The zero-order valence-electron chi connectivity index (χ0n) is 11.6. The Morgan fingerprint density at radius 1 is 1.14 bits per heavy atom. The van der Waals surface area contributed by atoms with Crippen LogP contribution >= 0.6 is 12.2 Å². The summed E-state index contributed by atoms with van der Waals surface area (Å²) in [5, 5.41) is 11.1. The highest BCUT2D eigenvalue weighted by molar-refractivity contribution is 7.80. The van der Waals surface area contributed by atoms with E-state index in [2.05, 4.69) is 32.5 Å². The maximum absolute atomic E-state index is 5.69. The predicted molar refractivity (Wildman–Crippen MR) is 89.1 cm³/mol. The smallest absolute Gasteiger partial charge is 0.163 e. The summed E-state index contributed by atoms with van der Waals surface area (Å²) in [6.07, 6.45) is 4.13. The molecule has 0 spiro atoms. The number of hydrogen-bond acceptors (Lipinski definition) is 5. The van der Waals surface area contributed by atoms with E-state index in [-0.39, 0.29) is 0 Å². The summed E-state index contributed by atoms with van der Waals surface area (Å²) >= 11 is 5.02. The summed E-state index contributed by atoms with van der Waals surface area (Å²) in [4.78, 5) is 2.70. The van der Waals surface area contributed by atoms with Gasteiger partial charge in [-0.05, 0) is 43.2 Å². The minimum atomic E-state index is 0.307. The van der Waals surface area contributed by atoms with Crippen LogP contribution in [0.2, 0.25) is 0 Å². The number of aromatic nitrogens is 2. The number of thiocarbonyl (C=S) groups is 1. The highest BCUT2D eigenvalue weighted by Crippen LogP contribution is 2.24.